The van der Waals surface area contributed by atoms with Gasteiger partial charge in [0, 0.05) is 18.9 Å². The topological polar surface area (TPSA) is 23.6 Å². The second-order valence-corrected chi connectivity index (χ2v) is 7.32. The minimum atomic E-state index is 0.215. The quantitative estimate of drug-likeness (QED) is 0.773. The fourth-order valence-electron chi connectivity index (χ4n) is 3.50. The van der Waals surface area contributed by atoms with Crippen LogP contribution in [-0.2, 0) is 4.79 Å². The number of piperidine rings is 2. The van der Waals surface area contributed by atoms with Crippen LogP contribution in [0.3, 0.4) is 0 Å². The number of hydrogen-bond donors (Lipinski definition) is 0. The Bertz CT molecular complexity index is 300. The van der Waals surface area contributed by atoms with Crippen molar-refractivity contribution in [2.45, 2.75) is 46.0 Å². The van der Waals surface area contributed by atoms with Gasteiger partial charge in [-0.05, 0) is 70.7 Å². The van der Waals surface area contributed by atoms with Crippen molar-refractivity contribution >= 4 is 5.78 Å². The largest absolute Gasteiger partial charge is 0.306 e. The number of Topliss-reactive ketones (excluding diaryl/α,β-unsaturated/α-hetero) is 1. The summed E-state index contributed by atoms with van der Waals surface area (Å²) < 4.78 is 0. The van der Waals surface area contributed by atoms with Crippen molar-refractivity contribution in [1.82, 2.24) is 9.80 Å². The van der Waals surface area contributed by atoms with Crippen LogP contribution in [0.25, 0.3) is 0 Å². The summed E-state index contributed by atoms with van der Waals surface area (Å²) in [7, 11) is 2.23. The molecule has 2 saturated heterocycles. The number of ketones is 1. The maximum absolute atomic E-state index is 11.8. The van der Waals surface area contributed by atoms with Gasteiger partial charge in [-0.15, -0.1) is 0 Å². The number of carbonyl (C=O) groups is 1. The number of rotatable bonds is 5. The first-order chi connectivity index (χ1) is 9.54. The summed E-state index contributed by atoms with van der Waals surface area (Å²) >= 11 is 0. The summed E-state index contributed by atoms with van der Waals surface area (Å²) in [5.74, 6) is 2.23. The minimum Gasteiger partial charge on any atom is -0.306 e. The molecule has 0 aromatic heterocycles. The van der Waals surface area contributed by atoms with Crippen molar-refractivity contribution in [1.29, 1.82) is 0 Å². The highest BCUT2D eigenvalue weighted by Gasteiger charge is 2.25. The average Bonchev–Trinajstić information content (AvgIpc) is 2.43. The van der Waals surface area contributed by atoms with E-state index < -0.39 is 0 Å². The lowest BCUT2D eigenvalue weighted by Gasteiger charge is -2.36. The molecule has 0 aliphatic carbocycles. The third kappa shape index (κ3) is 4.85. The molecule has 2 heterocycles. The Morgan fingerprint density at radius 3 is 2.10 bits per heavy atom. The van der Waals surface area contributed by atoms with Crippen molar-refractivity contribution in [3.05, 3.63) is 0 Å². The average molecular weight is 280 g/mol. The van der Waals surface area contributed by atoms with Crippen LogP contribution in [0.1, 0.15) is 46.0 Å². The van der Waals surface area contributed by atoms with Gasteiger partial charge in [0.05, 0.1) is 0 Å². The van der Waals surface area contributed by atoms with E-state index in [1.165, 1.54) is 58.4 Å². The Hall–Kier alpha value is -0.410. The van der Waals surface area contributed by atoms with E-state index in [9.17, 15) is 4.79 Å². The van der Waals surface area contributed by atoms with Gasteiger partial charge in [0.25, 0.3) is 0 Å². The van der Waals surface area contributed by atoms with E-state index >= 15 is 0 Å². The molecule has 0 aromatic carbocycles. The van der Waals surface area contributed by atoms with Gasteiger partial charge in [0.2, 0.25) is 0 Å². The van der Waals surface area contributed by atoms with Gasteiger partial charge in [-0.3, -0.25) is 4.79 Å². The van der Waals surface area contributed by atoms with E-state index in [-0.39, 0.29) is 5.92 Å². The van der Waals surface area contributed by atoms with Gasteiger partial charge < -0.3 is 9.80 Å². The van der Waals surface area contributed by atoms with Crippen LogP contribution in [0, 0.1) is 17.8 Å². The van der Waals surface area contributed by atoms with Gasteiger partial charge in [-0.1, -0.05) is 13.8 Å². The monoisotopic (exact) mass is 280 g/mol. The highest BCUT2D eigenvalue weighted by atomic mass is 16.1. The Morgan fingerprint density at radius 1 is 1.00 bits per heavy atom. The van der Waals surface area contributed by atoms with Gasteiger partial charge in [-0.2, -0.15) is 0 Å². The highest BCUT2D eigenvalue weighted by Crippen LogP contribution is 2.24. The van der Waals surface area contributed by atoms with Crippen LogP contribution in [0.4, 0.5) is 0 Å². The molecular weight excluding hydrogens is 248 g/mol. The molecule has 0 amide bonds. The molecule has 0 spiro atoms. The van der Waals surface area contributed by atoms with E-state index in [0.717, 1.165) is 12.3 Å². The zero-order chi connectivity index (χ0) is 14.5. The molecule has 2 fully saturated rings. The lowest BCUT2D eigenvalue weighted by Crippen LogP contribution is -2.41. The Morgan fingerprint density at radius 2 is 1.55 bits per heavy atom. The van der Waals surface area contributed by atoms with E-state index in [1.807, 2.05) is 13.8 Å². The van der Waals surface area contributed by atoms with Gasteiger partial charge >= 0.3 is 0 Å². The highest BCUT2D eigenvalue weighted by molar-refractivity contribution is 5.80. The molecule has 2 rings (SSSR count). The lowest BCUT2D eigenvalue weighted by molar-refractivity contribution is -0.123. The van der Waals surface area contributed by atoms with Crippen molar-refractivity contribution in [2.75, 3.05) is 39.8 Å². The zero-order valence-electron chi connectivity index (χ0n) is 13.6. The molecule has 0 saturated carbocycles. The van der Waals surface area contributed by atoms with E-state index in [1.54, 1.807) is 0 Å². The maximum Gasteiger partial charge on any atom is 0.135 e. The Balaban J connectivity index is 1.65. The molecule has 116 valence electrons. The number of hydrogen-bond acceptors (Lipinski definition) is 3. The summed E-state index contributed by atoms with van der Waals surface area (Å²) in [5.41, 5.74) is 0. The second kappa shape index (κ2) is 7.56. The van der Waals surface area contributed by atoms with Crippen molar-refractivity contribution in [3.63, 3.8) is 0 Å². The number of nitrogens with zero attached hydrogens (tertiary/aromatic N) is 2. The van der Waals surface area contributed by atoms with Crippen LogP contribution in [-0.4, -0.2) is 55.4 Å². The second-order valence-electron chi connectivity index (χ2n) is 7.32. The summed E-state index contributed by atoms with van der Waals surface area (Å²) in [6.07, 6.45) is 6.00. The fraction of sp³-hybridized carbons (Fsp3) is 0.941. The van der Waals surface area contributed by atoms with Gasteiger partial charge in [-0.25, -0.2) is 0 Å². The summed E-state index contributed by atoms with van der Waals surface area (Å²) in [5, 5.41) is 0. The molecule has 0 unspecified atom stereocenters. The van der Waals surface area contributed by atoms with Gasteiger partial charge in [0.15, 0.2) is 0 Å². The summed E-state index contributed by atoms with van der Waals surface area (Å²) in [6.45, 7) is 10.3. The van der Waals surface area contributed by atoms with E-state index in [2.05, 4.69) is 16.8 Å². The fourth-order valence-corrected chi connectivity index (χ4v) is 3.50. The first kappa shape index (κ1) is 16.0. The first-order valence-corrected chi connectivity index (χ1v) is 8.48. The Labute approximate surface area is 124 Å². The summed E-state index contributed by atoms with van der Waals surface area (Å²) in [4.78, 5) is 16.9. The Kier molecular flexibility index (Phi) is 6.03. The predicted molar refractivity (Wildman–Crippen MR) is 83.8 cm³/mol. The molecular formula is C17H32N2O. The van der Waals surface area contributed by atoms with E-state index in [4.69, 9.17) is 0 Å². The molecule has 0 N–H and O–H groups in total. The molecule has 0 radical (unpaired) electrons. The number of likely N-dealkylation sites (tertiary alicyclic amines) is 2. The molecule has 0 aromatic rings. The molecule has 3 heteroatoms. The SMILES string of the molecule is CC(C)C(=O)CC1CCN(CC2CCN(C)CC2)CC1. The van der Waals surface area contributed by atoms with Crippen LogP contribution < -0.4 is 0 Å². The molecule has 2 aliphatic rings. The standard InChI is InChI=1S/C17H32N2O/c1-14(2)17(20)12-15-6-10-19(11-7-15)13-16-4-8-18(3)9-5-16/h14-16H,4-13H2,1-3H3. The smallest absolute Gasteiger partial charge is 0.135 e. The van der Waals surface area contributed by atoms with Crippen molar-refractivity contribution in [2.24, 2.45) is 17.8 Å². The van der Waals surface area contributed by atoms with Crippen molar-refractivity contribution < 1.29 is 4.79 Å². The van der Waals surface area contributed by atoms with Crippen molar-refractivity contribution in [3.8, 4) is 0 Å². The molecule has 0 bridgehead atoms. The number of carbonyl (C=O) groups excluding carboxylic acids is 1. The molecule has 0 atom stereocenters. The predicted octanol–water partition coefficient (Wildman–Crippen LogP) is 2.66. The van der Waals surface area contributed by atoms with Crippen LogP contribution in [0.2, 0.25) is 0 Å². The zero-order valence-corrected chi connectivity index (χ0v) is 13.6. The van der Waals surface area contributed by atoms with Crippen LogP contribution >= 0.6 is 0 Å². The molecule has 20 heavy (non-hydrogen) atoms. The van der Waals surface area contributed by atoms with Crippen LogP contribution in [0.5, 0.6) is 0 Å². The molecule has 3 nitrogen and oxygen atoms in total. The summed E-state index contributed by atoms with van der Waals surface area (Å²) in [6, 6.07) is 0. The van der Waals surface area contributed by atoms with Gasteiger partial charge in [0.1, 0.15) is 5.78 Å². The minimum absolute atomic E-state index is 0.215. The van der Waals surface area contributed by atoms with E-state index in [0.29, 0.717) is 11.7 Å². The third-order valence-electron chi connectivity index (χ3n) is 5.20. The maximum atomic E-state index is 11.8. The normalized spacial score (nSPS) is 24.4. The lowest BCUT2D eigenvalue weighted by atomic mass is 9.88. The third-order valence-corrected chi connectivity index (χ3v) is 5.20. The first-order valence-electron chi connectivity index (χ1n) is 8.48. The molecule has 2 aliphatic heterocycles. The van der Waals surface area contributed by atoms with Crippen LogP contribution in [0.15, 0.2) is 0 Å².